The van der Waals surface area contributed by atoms with Gasteiger partial charge in [0.15, 0.2) is 0 Å². The van der Waals surface area contributed by atoms with Gasteiger partial charge in [-0.15, -0.1) is 11.3 Å². The minimum Gasteiger partial charge on any atom is -0.338 e. The van der Waals surface area contributed by atoms with E-state index in [1.54, 1.807) is 11.3 Å². The Morgan fingerprint density at radius 1 is 1.29 bits per heavy atom. The first-order valence-electron chi connectivity index (χ1n) is 5.79. The van der Waals surface area contributed by atoms with Crippen LogP contribution in [0.4, 0.5) is 5.95 Å². The highest BCUT2D eigenvalue weighted by Crippen LogP contribution is 2.19. The molecule has 1 fully saturated rings. The highest BCUT2D eigenvalue weighted by Gasteiger charge is 2.22. The van der Waals surface area contributed by atoms with Crippen molar-refractivity contribution in [3.8, 4) is 0 Å². The third kappa shape index (κ3) is 2.10. The highest BCUT2D eigenvalue weighted by molar-refractivity contribution is 7.16. The fraction of sp³-hybridized carbons (Fsp3) is 0.545. The number of piperazine rings is 1. The van der Waals surface area contributed by atoms with Gasteiger partial charge in [0.25, 0.3) is 0 Å². The van der Waals surface area contributed by atoms with Gasteiger partial charge in [0, 0.05) is 25.2 Å². The van der Waals surface area contributed by atoms with Gasteiger partial charge in [-0.25, -0.2) is 15.0 Å². The van der Waals surface area contributed by atoms with E-state index in [0.717, 1.165) is 29.4 Å². The summed E-state index contributed by atoms with van der Waals surface area (Å²) in [6, 6.07) is 0.944. The zero-order chi connectivity index (χ0) is 11.8. The summed E-state index contributed by atoms with van der Waals surface area (Å²) in [5.41, 5.74) is 2.70. The summed E-state index contributed by atoms with van der Waals surface area (Å²) in [4.78, 5) is 16.4. The van der Waals surface area contributed by atoms with Gasteiger partial charge in [-0.2, -0.15) is 0 Å². The molecular formula is C11H15N5S. The van der Waals surface area contributed by atoms with Gasteiger partial charge in [0.1, 0.15) is 10.3 Å². The molecule has 1 saturated heterocycles. The van der Waals surface area contributed by atoms with E-state index in [0.29, 0.717) is 12.1 Å². The zero-order valence-electron chi connectivity index (χ0n) is 9.92. The summed E-state index contributed by atoms with van der Waals surface area (Å²) in [7, 11) is 0. The lowest BCUT2D eigenvalue weighted by Gasteiger charge is -2.36. The number of rotatable bonds is 1. The highest BCUT2D eigenvalue weighted by atomic mass is 32.1. The predicted molar refractivity (Wildman–Crippen MR) is 69.5 cm³/mol. The molecular weight excluding hydrogens is 234 g/mol. The summed E-state index contributed by atoms with van der Waals surface area (Å²) >= 11 is 1.56. The summed E-state index contributed by atoms with van der Waals surface area (Å²) in [6.45, 7) is 6.28. The van der Waals surface area contributed by atoms with Gasteiger partial charge >= 0.3 is 0 Å². The van der Waals surface area contributed by atoms with Crippen LogP contribution < -0.4 is 10.2 Å². The van der Waals surface area contributed by atoms with E-state index in [1.165, 1.54) is 0 Å². The lowest BCUT2D eigenvalue weighted by Crippen LogP contribution is -2.54. The Hall–Kier alpha value is -1.27. The third-order valence-corrected chi connectivity index (χ3v) is 3.65. The number of hydrogen-bond acceptors (Lipinski definition) is 6. The van der Waals surface area contributed by atoms with Crippen LogP contribution in [0.25, 0.3) is 10.3 Å². The molecule has 0 radical (unpaired) electrons. The Balaban J connectivity index is 1.91. The summed E-state index contributed by atoms with van der Waals surface area (Å²) in [5.74, 6) is 0.821. The van der Waals surface area contributed by atoms with Gasteiger partial charge in [-0.05, 0) is 13.8 Å². The molecule has 2 aromatic heterocycles. The van der Waals surface area contributed by atoms with Crippen molar-refractivity contribution in [3.05, 3.63) is 11.7 Å². The number of nitrogens with zero attached hydrogens (tertiary/aromatic N) is 4. The molecule has 0 aromatic carbocycles. The molecule has 0 saturated carbocycles. The maximum atomic E-state index is 4.57. The van der Waals surface area contributed by atoms with Crippen LogP contribution in [-0.2, 0) is 0 Å². The molecule has 5 nitrogen and oxygen atoms in total. The fourth-order valence-electron chi connectivity index (χ4n) is 2.30. The SMILES string of the molecule is C[C@@H]1CN(c2ncc3ncsc3n2)C[C@H](C)N1. The van der Waals surface area contributed by atoms with E-state index < -0.39 is 0 Å². The second-order valence-electron chi connectivity index (χ2n) is 4.59. The Labute approximate surface area is 104 Å². The van der Waals surface area contributed by atoms with Crippen molar-refractivity contribution in [2.24, 2.45) is 0 Å². The van der Waals surface area contributed by atoms with Gasteiger partial charge in [-0.1, -0.05) is 0 Å². The number of hydrogen-bond donors (Lipinski definition) is 1. The summed E-state index contributed by atoms with van der Waals surface area (Å²) in [5, 5.41) is 3.50. The van der Waals surface area contributed by atoms with Crippen LogP contribution in [0, 0.1) is 0 Å². The summed E-state index contributed by atoms with van der Waals surface area (Å²) in [6.07, 6.45) is 1.81. The topological polar surface area (TPSA) is 53.9 Å². The number of aromatic nitrogens is 3. The molecule has 0 unspecified atom stereocenters. The van der Waals surface area contributed by atoms with E-state index in [-0.39, 0.29) is 0 Å². The van der Waals surface area contributed by atoms with Crippen LogP contribution in [-0.4, -0.2) is 40.1 Å². The Bertz CT molecular complexity index is 515. The fourth-order valence-corrected chi connectivity index (χ4v) is 2.93. The van der Waals surface area contributed by atoms with Crippen molar-refractivity contribution in [1.82, 2.24) is 20.3 Å². The molecule has 2 atom stereocenters. The largest absolute Gasteiger partial charge is 0.338 e. The quantitative estimate of drug-likeness (QED) is 0.825. The normalized spacial score (nSPS) is 25.4. The average Bonchev–Trinajstić information content (AvgIpc) is 2.74. The predicted octanol–water partition coefficient (Wildman–Crippen LogP) is 1.27. The van der Waals surface area contributed by atoms with Crippen molar-refractivity contribution in [1.29, 1.82) is 0 Å². The van der Waals surface area contributed by atoms with Crippen LogP contribution in [0.2, 0.25) is 0 Å². The smallest absolute Gasteiger partial charge is 0.226 e. The average molecular weight is 249 g/mol. The second kappa shape index (κ2) is 4.19. The molecule has 0 spiro atoms. The second-order valence-corrected chi connectivity index (χ2v) is 5.42. The van der Waals surface area contributed by atoms with Gasteiger partial charge in [0.2, 0.25) is 5.95 Å². The minimum absolute atomic E-state index is 0.472. The molecule has 2 aromatic rings. The molecule has 1 aliphatic rings. The van der Waals surface area contributed by atoms with Crippen LogP contribution >= 0.6 is 11.3 Å². The third-order valence-electron chi connectivity index (χ3n) is 2.92. The first-order valence-corrected chi connectivity index (χ1v) is 6.67. The van der Waals surface area contributed by atoms with Crippen LogP contribution in [0.3, 0.4) is 0 Å². The Morgan fingerprint density at radius 3 is 2.82 bits per heavy atom. The monoisotopic (exact) mass is 249 g/mol. The molecule has 6 heteroatoms. The lowest BCUT2D eigenvalue weighted by atomic mass is 10.1. The molecule has 1 aliphatic heterocycles. The van der Waals surface area contributed by atoms with E-state index in [2.05, 4.69) is 39.0 Å². The van der Waals surface area contributed by atoms with Gasteiger partial charge in [-0.3, -0.25) is 0 Å². The number of anilines is 1. The van der Waals surface area contributed by atoms with E-state index in [1.807, 2.05) is 11.7 Å². The molecule has 1 N–H and O–H groups in total. The number of nitrogens with one attached hydrogen (secondary N) is 1. The van der Waals surface area contributed by atoms with Crippen LogP contribution in [0.15, 0.2) is 11.7 Å². The molecule has 0 aliphatic carbocycles. The van der Waals surface area contributed by atoms with Crippen molar-refractivity contribution < 1.29 is 0 Å². The Kier molecular flexibility index (Phi) is 2.68. The Morgan fingerprint density at radius 2 is 2.06 bits per heavy atom. The first-order chi connectivity index (χ1) is 8.22. The maximum absolute atomic E-state index is 4.57. The van der Waals surface area contributed by atoms with Crippen molar-refractivity contribution >= 4 is 27.6 Å². The molecule has 90 valence electrons. The number of fused-ring (bicyclic) bond motifs is 1. The van der Waals surface area contributed by atoms with Crippen LogP contribution in [0.1, 0.15) is 13.8 Å². The van der Waals surface area contributed by atoms with E-state index >= 15 is 0 Å². The first kappa shape index (κ1) is 10.9. The van der Waals surface area contributed by atoms with Crippen molar-refractivity contribution in [3.63, 3.8) is 0 Å². The van der Waals surface area contributed by atoms with E-state index in [9.17, 15) is 0 Å². The van der Waals surface area contributed by atoms with Gasteiger partial charge < -0.3 is 10.2 Å². The molecule has 0 amide bonds. The number of thiazole rings is 1. The van der Waals surface area contributed by atoms with Crippen LogP contribution in [0.5, 0.6) is 0 Å². The molecule has 17 heavy (non-hydrogen) atoms. The molecule has 3 rings (SSSR count). The maximum Gasteiger partial charge on any atom is 0.226 e. The van der Waals surface area contributed by atoms with Crippen molar-refractivity contribution in [2.45, 2.75) is 25.9 Å². The molecule has 3 heterocycles. The van der Waals surface area contributed by atoms with Gasteiger partial charge in [0.05, 0.1) is 11.7 Å². The lowest BCUT2D eigenvalue weighted by molar-refractivity contribution is 0.403. The summed E-state index contributed by atoms with van der Waals surface area (Å²) < 4.78 is 0. The minimum atomic E-state index is 0.472. The zero-order valence-corrected chi connectivity index (χ0v) is 10.7. The van der Waals surface area contributed by atoms with Crippen molar-refractivity contribution in [2.75, 3.05) is 18.0 Å². The molecule has 0 bridgehead atoms. The van der Waals surface area contributed by atoms with E-state index in [4.69, 9.17) is 0 Å². The standard InChI is InChI=1S/C11H15N5S/c1-7-4-16(5-8(2)14-7)11-12-3-9-10(15-11)17-6-13-9/h3,6-8,14H,4-5H2,1-2H3/t7-,8+.